The van der Waals surface area contributed by atoms with Crippen LogP contribution in [0, 0.1) is 0 Å². The highest BCUT2D eigenvalue weighted by Crippen LogP contribution is 2.38. The van der Waals surface area contributed by atoms with Gasteiger partial charge in [0.05, 0.1) is 0 Å². The fourth-order valence-corrected chi connectivity index (χ4v) is 0.990. The predicted molar refractivity (Wildman–Crippen MR) is 46.2 cm³/mol. The minimum atomic E-state index is -5.91. The van der Waals surface area contributed by atoms with Crippen molar-refractivity contribution in [2.75, 3.05) is 5.73 Å². The molecule has 1 aromatic carbocycles. The van der Waals surface area contributed by atoms with Gasteiger partial charge in [0, 0.05) is 11.3 Å². The predicted octanol–water partition coefficient (Wildman–Crippen LogP) is 2.65. The molecule has 0 radical (unpaired) electrons. The van der Waals surface area contributed by atoms with E-state index in [4.69, 9.17) is 5.73 Å². The van der Waals surface area contributed by atoms with Crippen LogP contribution in [-0.2, 0) is 0 Å². The summed E-state index contributed by atoms with van der Waals surface area (Å²) in [5.41, 5.74) is 4.33. The van der Waals surface area contributed by atoms with Crippen molar-refractivity contribution in [3.05, 3.63) is 29.8 Å². The van der Waals surface area contributed by atoms with E-state index < -0.39 is 23.4 Å². The van der Waals surface area contributed by atoms with Crippen molar-refractivity contribution < 1.29 is 26.7 Å². The first-order valence-electron chi connectivity index (χ1n) is 4.01. The zero-order valence-electron chi connectivity index (χ0n) is 7.68. The van der Waals surface area contributed by atoms with Crippen molar-refractivity contribution in [3.8, 4) is 0 Å². The van der Waals surface area contributed by atoms with E-state index in [1.165, 1.54) is 6.07 Å². The van der Waals surface area contributed by atoms with Gasteiger partial charge in [-0.3, -0.25) is 4.79 Å². The van der Waals surface area contributed by atoms with E-state index >= 15 is 0 Å². The second-order valence-electron chi connectivity index (χ2n) is 3.03. The Morgan fingerprint density at radius 3 is 2.12 bits per heavy atom. The Labute approximate surface area is 86.9 Å². The van der Waals surface area contributed by atoms with Gasteiger partial charge in [0.2, 0.25) is 5.78 Å². The van der Waals surface area contributed by atoms with Gasteiger partial charge in [-0.15, -0.1) is 0 Å². The van der Waals surface area contributed by atoms with Gasteiger partial charge >= 0.3 is 12.1 Å². The van der Waals surface area contributed by atoms with Crippen molar-refractivity contribution in [2.24, 2.45) is 0 Å². The summed E-state index contributed by atoms with van der Waals surface area (Å²) < 4.78 is 60.9. The zero-order chi connectivity index (χ0) is 12.6. The first-order valence-corrected chi connectivity index (χ1v) is 4.01. The van der Waals surface area contributed by atoms with Gasteiger partial charge in [0.15, 0.2) is 0 Å². The number of hydrogen-bond acceptors (Lipinski definition) is 2. The van der Waals surface area contributed by atoms with Gasteiger partial charge in [-0.2, -0.15) is 22.0 Å². The average molecular weight is 239 g/mol. The third kappa shape index (κ3) is 2.12. The molecule has 0 spiro atoms. The Bertz CT molecular complexity index is 413. The first-order chi connectivity index (χ1) is 7.16. The lowest BCUT2D eigenvalue weighted by atomic mass is 10.0. The number of rotatable bonds is 2. The number of benzene rings is 1. The minimum absolute atomic E-state index is 0.0659. The van der Waals surface area contributed by atoms with Crippen molar-refractivity contribution in [1.29, 1.82) is 0 Å². The van der Waals surface area contributed by atoms with E-state index in [0.29, 0.717) is 0 Å². The number of anilines is 1. The van der Waals surface area contributed by atoms with Crippen LogP contribution in [0.4, 0.5) is 27.6 Å². The molecule has 0 aliphatic rings. The van der Waals surface area contributed by atoms with E-state index in [-0.39, 0.29) is 5.69 Å². The maximum Gasteiger partial charge on any atom is 0.461 e. The van der Waals surface area contributed by atoms with E-state index in [0.717, 1.165) is 18.2 Å². The Hall–Kier alpha value is -1.66. The highest BCUT2D eigenvalue weighted by Gasteiger charge is 2.63. The van der Waals surface area contributed by atoms with Crippen LogP contribution in [0.2, 0.25) is 0 Å². The largest absolute Gasteiger partial charge is 0.461 e. The van der Waals surface area contributed by atoms with Crippen LogP contribution in [0.1, 0.15) is 10.4 Å². The van der Waals surface area contributed by atoms with E-state index in [1.54, 1.807) is 0 Å². The van der Waals surface area contributed by atoms with Crippen molar-refractivity contribution >= 4 is 11.5 Å². The van der Waals surface area contributed by atoms with Gasteiger partial charge < -0.3 is 5.73 Å². The monoisotopic (exact) mass is 239 g/mol. The maximum atomic E-state index is 12.6. The lowest BCUT2D eigenvalue weighted by Crippen LogP contribution is -2.44. The van der Waals surface area contributed by atoms with Crippen LogP contribution < -0.4 is 5.73 Å². The molecule has 2 nitrogen and oxygen atoms in total. The number of nitrogen functional groups attached to an aromatic ring is 1. The third-order valence-electron chi connectivity index (χ3n) is 1.79. The summed E-state index contributed by atoms with van der Waals surface area (Å²) in [4.78, 5) is 10.9. The average Bonchev–Trinajstić information content (AvgIpc) is 2.14. The first kappa shape index (κ1) is 12.4. The van der Waals surface area contributed by atoms with Gasteiger partial charge in [-0.25, -0.2) is 0 Å². The van der Waals surface area contributed by atoms with Crippen LogP contribution in [0.15, 0.2) is 24.3 Å². The molecule has 0 heterocycles. The van der Waals surface area contributed by atoms with Gasteiger partial charge in [-0.05, 0) is 12.1 Å². The van der Waals surface area contributed by atoms with Gasteiger partial charge in [0.25, 0.3) is 0 Å². The highest BCUT2D eigenvalue weighted by atomic mass is 19.4. The van der Waals surface area contributed by atoms with E-state index in [9.17, 15) is 26.7 Å². The summed E-state index contributed by atoms with van der Waals surface area (Å²) in [6, 6.07) is 4.00. The summed E-state index contributed by atoms with van der Waals surface area (Å²) in [6.45, 7) is 0. The molecule has 2 N–H and O–H groups in total. The third-order valence-corrected chi connectivity index (χ3v) is 1.79. The molecule has 1 aromatic rings. The van der Waals surface area contributed by atoms with E-state index in [1.807, 2.05) is 0 Å². The highest BCUT2D eigenvalue weighted by molar-refractivity contribution is 6.02. The fourth-order valence-electron chi connectivity index (χ4n) is 0.990. The normalized spacial score (nSPS) is 12.6. The van der Waals surface area contributed by atoms with Gasteiger partial charge in [-0.1, -0.05) is 12.1 Å². The van der Waals surface area contributed by atoms with Crippen LogP contribution in [-0.4, -0.2) is 17.9 Å². The quantitative estimate of drug-likeness (QED) is 0.489. The summed E-state index contributed by atoms with van der Waals surface area (Å²) >= 11 is 0. The molecule has 0 saturated heterocycles. The van der Waals surface area contributed by atoms with Crippen LogP contribution in [0.3, 0.4) is 0 Å². The number of carbonyl (C=O) groups excluding carboxylic acids is 1. The molecule has 0 aromatic heterocycles. The Morgan fingerprint density at radius 1 is 1.12 bits per heavy atom. The molecule has 16 heavy (non-hydrogen) atoms. The molecule has 0 aliphatic carbocycles. The van der Waals surface area contributed by atoms with Crippen molar-refractivity contribution in [1.82, 2.24) is 0 Å². The molecule has 0 saturated carbocycles. The summed E-state index contributed by atoms with van der Waals surface area (Å²) in [7, 11) is 0. The number of Topliss-reactive ketones (excluding diaryl/α,β-unsaturated/α-hetero) is 1. The lowest BCUT2D eigenvalue weighted by Gasteiger charge is -2.18. The van der Waals surface area contributed by atoms with Gasteiger partial charge in [0.1, 0.15) is 0 Å². The molecule has 0 fully saturated rings. The number of nitrogens with two attached hydrogens (primary N) is 1. The van der Waals surface area contributed by atoms with Crippen molar-refractivity contribution in [3.63, 3.8) is 0 Å². The van der Waals surface area contributed by atoms with Crippen LogP contribution in [0.5, 0.6) is 0 Å². The van der Waals surface area contributed by atoms with Crippen LogP contribution >= 0.6 is 0 Å². The smallest absolute Gasteiger partial charge is 0.399 e. The molecule has 88 valence electrons. The van der Waals surface area contributed by atoms with Crippen LogP contribution in [0.25, 0.3) is 0 Å². The number of halogens is 5. The summed E-state index contributed by atoms with van der Waals surface area (Å²) in [6.07, 6.45) is -5.91. The molecular formula is C9H6F5NO. The topological polar surface area (TPSA) is 43.1 Å². The number of ketones is 1. The zero-order valence-corrected chi connectivity index (χ0v) is 7.68. The Morgan fingerprint density at radius 2 is 1.69 bits per heavy atom. The molecule has 0 bridgehead atoms. The molecular weight excluding hydrogens is 233 g/mol. The standard InChI is InChI=1S/C9H6F5NO/c10-8(11,9(12,13)14)7(16)5-2-1-3-6(15)4-5/h1-4H,15H2. The Kier molecular flexibility index (Phi) is 2.89. The molecule has 7 heteroatoms. The number of hydrogen-bond donors (Lipinski definition) is 1. The minimum Gasteiger partial charge on any atom is -0.399 e. The molecule has 0 unspecified atom stereocenters. The Balaban J connectivity index is 3.12. The molecule has 1 rings (SSSR count). The second kappa shape index (κ2) is 3.73. The molecule has 0 amide bonds. The second-order valence-corrected chi connectivity index (χ2v) is 3.03. The molecule has 0 atom stereocenters. The SMILES string of the molecule is Nc1cccc(C(=O)C(F)(F)C(F)(F)F)c1. The number of carbonyl (C=O) groups is 1. The maximum absolute atomic E-state index is 12.6. The van der Waals surface area contributed by atoms with E-state index in [2.05, 4.69) is 0 Å². The summed E-state index contributed by atoms with van der Waals surface area (Å²) in [5, 5.41) is 0. The number of alkyl halides is 5. The fraction of sp³-hybridized carbons (Fsp3) is 0.222. The summed E-state index contributed by atoms with van der Waals surface area (Å²) in [5.74, 6) is -7.71. The lowest BCUT2D eigenvalue weighted by molar-refractivity contribution is -0.255. The molecule has 0 aliphatic heterocycles. The van der Waals surface area contributed by atoms with Crippen molar-refractivity contribution in [2.45, 2.75) is 12.1 Å².